The molecule has 0 aromatic carbocycles. The van der Waals surface area contributed by atoms with Gasteiger partial charge in [-0.15, -0.1) is 11.3 Å². The first-order valence-electron chi connectivity index (χ1n) is 10.5. The smallest absolute Gasteiger partial charge is 0.243 e. The van der Waals surface area contributed by atoms with Crippen molar-refractivity contribution in [3.05, 3.63) is 22.4 Å². The number of nitrogens with one attached hydrogen (secondary N) is 1. The molecule has 1 aromatic rings. The van der Waals surface area contributed by atoms with Crippen LogP contribution in [0.25, 0.3) is 0 Å². The molecule has 3 aliphatic rings. The second-order valence-corrected chi connectivity index (χ2v) is 9.33. The molecule has 7 nitrogen and oxygen atoms in total. The minimum absolute atomic E-state index is 0.0121. The summed E-state index contributed by atoms with van der Waals surface area (Å²) in [5.41, 5.74) is 0. The molecule has 4 heterocycles. The zero-order valence-electron chi connectivity index (χ0n) is 16.8. The number of carbonyl (C=O) groups is 3. The fraction of sp³-hybridized carbons (Fsp3) is 0.667. The number of ether oxygens (including phenoxy) is 1. The molecule has 0 aliphatic carbocycles. The normalized spacial score (nSPS) is 28.8. The molecule has 8 heteroatoms. The Kier molecular flexibility index (Phi) is 6.20. The van der Waals surface area contributed by atoms with E-state index in [-0.39, 0.29) is 35.6 Å². The maximum absolute atomic E-state index is 13.0. The number of nitrogens with zero attached hydrogens (tertiary/aromatic N) is 2. The predicted octanol–water partition coefficient (Wildman–Crippen LogP) is 1.28. The summed E-state index contributed by atoms with van der Waals surface area (Å²) in [4.78, 5) is 43.6. The van der Waals surface area contributed by atoms with E-state index in [0.717, 1.165) is 24.1 Å². The number of likely N-dealkylation sites (tertiary alicyclic amines) is 1. The van der Waals surface area contributed by atoms with Gasteiger partial charge in [0.05, 0.1) is 13.0 Å². The largest absolute Gasteiger partial charge is 0.383 e. The van der Waals surface area contributed by atoms with Crippen molar-refractivity contribution in [2.24, 2.45) is 11.8 Å². The van der Waals surface area contributed by atoms with Crippen LogP contribution in [0.2, 0.25) is 0 Å². The van der Waals surface area contributed by atoms with Crippen LogP contribution < -0.4 is 5.32 Å². The van der Waals surface area contributed by atoms with Crippen LogP contribution in [-0.2, 0) is 25.5 Å². The maximum Gasteiger partial charge on any atom is 0.243 e. The van der Waals surface area contributed by atoms with E-state index in [1.54, 1.807) is 18.4 Å². The van der Waals surface area contributed by atoms with Crippen LogP contribution in [0, 0.1) is 11.8 Å². The third-order valence-corrected chi connectivity index (χ3v) is 7.35. The molecular formula is C21H29N3O4S. The van der Waals surface area contributed by atoms with Gasteiger partial charge in [0.1, 0.15) is 6.04 Å². The van der Waals surface area contributed by atoms with Crippen molar-refractivity contribution >= 4 is 29.1 Å². The van der Waals surface area contributed by atoms with Crippen molar-refractivity contribution in [2.45, 2.75) is 44.2 Å². The Morgan fingerprint density at radius 1 is 1.31 bits per heavy atom. The number of fused-ring (bicyclic) bond motifs is 4. The van der Waals surface area contributed by atoms with Crippen molar-refractivity contribution in [2.75, 3.05) is 33.4 Å². The van der Waals surface area contributed by atoms with E-state index in [1.165, 1.54) is 0 Å². The fourth-order valence-electron chi connectivity index (χ4n) is 5.25. The highest BCUT2D eigenvalue weighted by Crippen LogP contribution is 2.41. The second-order valence-electron chi connectivity index (χ2n) is 8.30. The fourth-order valence-corrected chi connectivity index (χ4v) is 5.95. The Bertz CT molecular complexity index is 753. The Morgan fingerprint density at radius 3 is 2.90 bits per heavy atom. The molecule has 0 radical (unpaired) electrons. The molecule has 2 bridgehead atoms. The second kappa shape index (κ2) is 8.83. The first kappa shape index (κ1) is 20.3. The van der Waals surface area contributed by atoms with Gasteiger partial charge in [0.2, 0.25) is 17.7 Å². The van der Waals surface area contributed by atoms with Crippen molar-refractivity contribution in [3.8, 4) is 0 Å². The molecule has 29 heavy (non-hydrogen) atoms. The van der Waals surface area contributed by atoms with Gasteiger partial charge in [0.15, 0.2) is 0 Å². The molecular weight excluding hydrogens is 390 g/mol. The highest BCUT2D eigenvalue weighted by molar-refractivity contribution is 7.10. The van der Waals surface area contributed by atoms with E-state index >= 15 is 0 Å². The lowest BCUT2D eigenvalue weighted by Gasteiger charge is -2.55. The monoisotopic (exact) mass is 419 g/mol. The molecule has 0 spiro atoms. The van der Waals surface area contributed by atoms with E-state index in [4.69, 9.17) is 4.74 Å². The lowest BCUT2D eigenvalue weighted by atomic mass is 9.71. The van der Waals surface area contributed by atoms with E-state index in [0.29, 0.717) is 39.1 Å². The number of rotatable bonds is 6. The van der Waals surface area contributed by atoms with Gasteiger partial charge in [0, 0.05) is 50.0 Å². The Morgan fingerprint density at radius 2 is 2.14 bits per heavy atom. The van der Waals surface area contributed by atoms with Gasteiger partial charge < -0.3 is 19.9 Å². The summed E-state index contributed by atoms with van der Waals surface area (Å²) in [5, 5.41) is 4.92. The van der Waals surface area contributed by atoms with Crippen molar-refractivity contribution < 1.29 is 19.1 Å². The number of hydrogen-bond acceptors (Lipinski definition) is 5. The highest BCUT2D eigenvalue weighted by atomic mass is 32.1. The Hall–Kier alpha value is -1.93. The lowest BCUT2D eigenvalue weighted by Crippen LogP contribution is -2.68. The van der Waals surface area contributed by atoms with Crippen LogP contribution in [0.1, 0.15) is 30.6 Å². The maximum atomic E-state index is 13.0. The average Bonchev–Trinajstić information content (AvgIpc) is 3.22. The molecule has 3 amide bonds. The van der Waals surface area contributed by atoms with Gasteiger partial charge >= 0.3 is 0 Å². The number of carbonyl (C=O) groups excluding carboxylic acids is 3. The van der Waals surface area contributed by atoms with Gasteiger partial charge in [0.25, 0.3) is 0 Å². The molecule has 1 N–H and O–H groups in total. The summed E-state index contributed by atoms with van der Waals surface area (Å²) in [6.45, 7) is 2.09. The standard InChI is InChI=1S/C21H29N3O4S/c1-28-8-7-22-21(27)20-15-10-14(17-5-2-6-18(25)24(17)20)12-23(13-15)19(26)11-16-4-3-9-29-16/h3-4,9,14-15,17,20H,2,5-8,10-13H2,1H3,(H,22,27)/t14-,15+,17-,20+/m0/s1. The summed E-state index contributed by atoms with van der Waals surface area (Å²) in [6, 6.07) is 3.52. The van der Waals surface area contributed by atoms with Crippen LogP contribution in [0.3, 0.4) is 0 Å². The molecule has 4 atom stereocenters. The summed E-state index contributed by atoms with van der Waals surface area (Å²) in [6.07, 6.45) is 3.60. The average molecular weight is 420 g/mol. The van der Waals surface area contributed by atoms with Crippen LogP contribution in [-0.4, -0.2) is 73.0 Å². The van der Waals surface area contributed by atoms with E-state index in [1.807, 2.05) is 27.3 Å². The van der Waals surface area contributed by atoms with Gasteiger partial charge in [-0.1, -0.05) is 6.07 Å². The van der Waals surface area contributed by atoms with Gasteiger partial charge in [-0.05, 0) is 36.6 Å². The summed E-state index contributed by atoms with van der Waals surface area (Å²) in [5.74, 6) is 0.339. The molecule has 0 unspecified atom stereocenters. The molecule has 3 aliphatic heterocycles. The van der Waals surface area contributed by atoms with Crippen molar-refractivity contribution in [1.82, 2.24) is 15.1 Å². The van der Waals surface area contributed by atoms with Crippen LogP contribution >= 0.6 is 11.3 Å². The molecule has 3 fully saturated rings. The minimum atomic E-state index is -0.488. The molecule has 3 saturated heterocycles. The van der Waals surface area contributed by atoms with Crippen molar-refractivity contribution in [3.63, 3.8) is 0 Å². The number of methoxy groups -OCH3 is 1. The molecule has 158 valence electrons. The zero-order chi connectivity index (χ0) is 20.4. The van der Waals surface area contributed by atoms with Crippen LogP contribution in [0.15, 0.2) is 17.5 Å². The number of piperidine rings is 3. The highest BCUT2D eigenvalue weighted by Gasteiger charge is 2.52. The van der Waals surface area contributed by atoms with E-state index in [9.17, 15) is 14.4 Å². The van der Waals surface area contributed by atoms with Crippen molar-refractivity contribution in [1.29, 1.82) is 0 Å². The quantitative estimate of drug-likeness (QED) is 0.705. The van der Waals surface area contributed by atoms with Gasteiger partial charge in [-0.3, -0.25) is 14.4 Å². The first-order chi connectivity index (χ1) is 14.1. The third-order valence-electron chi connectivity index (χ3n) is 6.47. The number of amides is 3. The Balaban J connectivity index is 1.53. The van der Waals surface area contributed by atoms with Crippen LogP contribution in [0.4, 0.5) is 0 Å². The van der Waals surface area contributed by atoms with Gasteiger partial charge in [-0.25, -0.2) is 0 Å². The number of thiophene rings is 1. The summed E-state index contributed by atoms with van der Waals surface area (Å²) in [7, 11) is 1.60. The van der Waals surface area contributed by atoms with E-state index < -0.39 is 6.04 Å². The lowest BCUT2D eigenvalue weighted by molar-refractivity contribution is -0.163. The number of hydrogen-bond donors (Lipinski definition) is 1. The Labute approximate surface area is 175 Å². The molecule has 0 saturated carbocycles. The predicted molar refractivity (Wildman–Crippen MR) is 109 cm³/mol. The SMILES string of the molecule is COCCNC(=O)[C@H]1[C@@H]2C[C@@H](CN(C(=O)Cc3cccs3)C2)[C@@H]2CCCC(=O)N21. The van der Waals surface area contributed by atoms with Crippen LogP contribution in [0.5, 0.6) is 0 Å². The molecule has 4 rings (SSSR count). The summed E-state index contributed by atoms with van der Waals surface area (Å²) >= 11 is 1.60. The third kappa shape index (κ3) is 4.19. The first-order valence-corrected chi connectivity index (χ1v) is 11.3. The van der Waals surface area contributed by atoms with Gasteiger partial charge in [-0.2, -0.15) is 0 Å². The minimum Gasteiger partial charge on any atom is -0.383 e. The summed E-state index contributed by atoms with van der Waals surface area (Å²) < 4.78 is 5.04. The molecule has 1 aromatic heterocycles. The topological polar surface area (TPSA) is 79.0 Å². The zero-order valence-corrected chi connectivity index (χ0v) is 17.7. The van der Waals surface area contributed by atoms with E-state index in [2.05, 4.69) is 5.32 Å².